The first-order valence-corrected chi connectivity index (χ1v) is 7.39. The van der Waals surface area contributed by atoms with Gasteiger partial charge in [-0.05, 0) is 63.3 Å². The maximum atomic E-state index is 5.40. The molecule has 0 bridgehead atoms. The first-order valence-electron chi connectivity index (χ1n) is 7.39. The Labute approximate surface area is 118 Å². The summed E-state index contributed by atoms with van der Waals surface area (Å²) in [6, 6.07) is 7.28. The quantitative estimate of drug-likeness (QED) is 0.773. The summed E-state index contributed by atoms with van der Waals surface area (Å²) < 4.78 is 5.40. The van der Waals surface area contributed by atoms with Gasteiger partial charge in [-0.25, -0.2) is 0 Å². The van der Waals surface area contributed by atoms with E-state index in [0.717, 1.165) is 19.4 Å². The monoisotopic (exact) mass is 263 g/mol. The Hall–Kier alpha value is -0.860. The van der Waals surface area contributed by atoms with Crippen molar-refractivity contribution in [3.05, 3.63) is 34.9 Å². The van der Waals surface area contributed by atoms with Crippen molar-refractivity contribution in [3.8, 4) is 0 Å². The van der Waals surface area contributed by atoms with Crippen molar-refractivity contribution in [2.24, 2.45) is 0 Å². The van der Waals surface area contributed by atoms with Crippen LogP contribution in [-0.2, 0) is 11.2 Å². The van der Waals surface area contributed by atoms with Gasteiger partial charge in [0.2, 0.25) is 0 Å². The van der Waals surface area contributed by atoms with Gasteiger partial charge in [-0.3, -0.25) is 0 Å². The van der Waals surface area contributed by atoms with Gasteiger partial charge in [-0.2, -0.15) is 0 Å². The number of nitrogens with one attached hydrogen (secondary N) is 1. The standard InChI is InChI=1S/C17H29NO/c1-6-9-18-17(11-15(4)19-5)12-16-8-7-13(2)14(3)10-16/h7-8,10,15,17-18H,6,9,11-12H2,1-5H3. The van der Waals surface area contributed by atoms with Crippen molar-refractivity contribution in [2.75, 3.05) is 13.7 Å². The van der Waals surface area contributed by atoms with Crippen molar-refractivity contribution in [1.82, 2.24) is 5.32 Å². The molecule has 2 unspecified atom stereocenters. The van der Waals surface area contributed by atoms with Crippen LogP contribution in [0.2, 0.25) is 0 Å². The molecular formula is C17H29NO. The van der Waals surface area contributed by atoms with E-state index in [4.69, 9.17) is 4.74 Å². The Balaban J connectivity index is 2.66. The van der Waals surface area contributed by atoms with E-state index in [1.807, 2.05) is 0 Å². The van der Waals surface area contributed by atoms with E-state index in [1.54, 1.807) is 7.11 Å². The summed E-state index contributed by atoms with van der Waals surface area (Å²) in [6.45, 7) is 9.77. The van der Waals surface area contributed by atoms with Gasteiger partial charge < -0.3 is 10.1 Å². The number of ether oxygens (including phenoxy) is 1. The third kappa shape index (κ3) is 5.75. The second-order valence-corrected chi connectivity index (χ2v) is 5.56. The molecule has 19 heavy (non-hydrogen) atoms. The van der Waals surface area contributed by atoms with Crippen molar-refractivity contribution < 1.29 is 4.74 Å². The van der Waals surface area contributed by atoms with Gasteiger partial charge in [0.25, 0.3) is 0 Å². The number of rotatable bonds is 8. The molecule has 0 aliphatic rings. The molecule has 1 rings (SSSR count). The van der Waals surface area contributed by atoms with Gasteiger partial charge >= 0.3 is 0 Å². The smallest absolute Gasteiger partial charge is 0.0558 e. The molecule has 2 nitrogen and oxygen atoms in total. The lowest BCUT2D eigenvalue weighted by molar-refractivity contribution is 0.100. The van der Waals surface area contributed by atoms with Crippen LogP contribution in [0.25, 0.3) is 0 Å². The van der Waals surface area contributed by atoms with Crippen LogP contribution in [-0.4, -0.2) is 25.8 Å². The second-order valence-electron chi connectivity index (χ2n) is 5.56. The zero-order valence-electron chi connectivity index (χ0n) is 13.1. The summed E-state index contributed by atoms with van der Waals surface area (Å²) >= 11 is 0. The Morgan fingerprint density at radius 1 is 1.21 bits per heavy atom. The van der Waals surface area contributed by atoms with Gasteiger partial charge in [-0.1, -0.05) is 25.1 Å². The molecule has 0 aliphatic carbocycles. The first kappa shape index (κ1) is 16.2. The van der Waals surface area contributed by atoms with Crippen molar-refractivity contribution in [1.29, 1.82) is 0 Å². The second kappa shape index (κ2) is 8.34. The summed E-state index contributed by atoms with van der Waals surface area (Å²) in [4.78, 5) is 0. The average Bonchev–Trinajstić information content (AvgIpc) is 2.40. The predicted molar refractivity (Wildman–Crippen MR) is 82.8 cm³/mol. The number of benzene rings is 1. The molecule has 0 saturated heterocycles. The molecule has 0 fully saturated rings. The topological polar surface area (TPSA) is 21.3 Å². The highest BCUT2D eigenvalue weighted by molar-refractivity contribution is 5.30. The zero-order chi connectivity index (χ0) is 14.3. The minimum atomic E-state index is 0.306. The molecule has 1 aromatic carbocycles. The van der Waals surface area contributed by atoms with Crippen LogP contribution in [0.15, 0.2) is 18.2 Å². The fourth-order valence-corrected chi connectivity index (χ4v) is 2.30. The maximum Gasteiger partial charge on any atom is 0.0558 e. The van der Waals surface area contributed by atoms with Crippen molar-refractivity contribution in [2.45, 2.75) is 59.1 Å². The Kier molecular flexibility index (Phi) is 7.11. The van der Waals surface area contributed by atoms with Crippen LogP contribution in [0.1, 0.15) is 43.4 Å². The summed E-state index contributed by atoms with van der Waals surface area (Å²) in [6.07, 6.45) is 3.61. The lowest BCUT2D eigenvalue weighted by Gasteiger charge is -2.22. The molecule has 1 N–H and O–H groups in total. The molecule has 0 aliphatic heterocycles. The minimum Gasteiger partial charge on any atom is -0.382 e. The number of hydrogen-bond donors (Lipinski definition) is 1. The van der Waals surface area contributed by atoms with Gasteiger partial charge in [0, 0.05) is 13.2 Å². The summed E-state index contributed by atoms with van der Waals surface area (Å²) in [5.41, 5.74) is 4.17. The van der Waals surface area contributed by atoms with E-state index < -0.39 is 0 Å². The molecule has 2 heteroatoms. The molecule has 1 aromatic rings. The predicted octanol–water partition coefficient (Wildman–Crippen LogP) is 3.64. The Bertz CT molecular complexity index is 376. The highest BCUT2D eigenvalue weighted by Gasteiger charge is 2.13. The van der Waals surface area contributed by atoms with Crippen LogP contribution in [0.4, 0.5) is 0 Å². The van der Waals surface area contributed by atoms with Gasteiger partial charge in [0.15, 0.2) is 0 Å². The Morgan fingerprint density at radius 3 is 2.53 bits per heavy atom. The zero-order valence-corrected chi connectivity index (χ0v) is 13.1. The van der Waals surface area contributed by atoms with E-state index >= 15 is 0 Å². The largest absolute Gasteiger partial charge is 0.382 e. The summed E-state index contributed by atoms with van der Waals surface area (Å²) in [7, 11) is 1.79. The molecule has 0 radical (unpaired) electrons. The molecular weight excluding hydrogens is 234 g/mol. The minimum absolute atomic E-state index is 0.306. The molecule has 108 valence electrons. The van der Waals surface area contributed by atoms with E-state index in [9.17, 15) is 0 Å². The third-order valence-corrected chi connectivity index (χ3v) is 3.76. The fourth-order valence-electron chi connectivity index (χ4n) is 2.30. The van der Waals surface area contributed by atoms with E-state index in [-0.39, 0.29) is 0 Å². The first-order chi connectivity index (χ1) is 9.06. The normalized spacial score (nSPS) is 14.4. The van der Waals surface area contributed by atoms with Gasteiger partial charge in [-0.15, -0.1) is 0 Å². The summed E-state index contributed by atoms with van der Waals surface area (Å²) in [5, 5.41) is 3.64. The number of aryl methyl sites for hydroxylation is 2. The summed E-state index contributed by atoms with van der Waals surface area (Å²) in [5.74, 6) is 0. The molecule has 0 amide bonds. The fraction of sp³-hybridized carbons (Fsp3) is 0.647. The molecule has 2 atom stereocenters. The van der Waals surface area contributed by atoms with E-state index in [0.29, 0.717) is 12.1 Å². The van der Waals surface area contributed by atoms with E-state index in [1.165, 1.54) is 23.1 Å². The van der Waals surface area contributed by atoms with Gasteiger partial charge in [0.05, 0.1) is 6.10 Å². The highest BCUT2D eigenvalue weighted by atomic mass is 16.5. The number of methoxy groups -OCH3 is 1. The van der Waals surface area contributed by atoms with Crippen LogP contribution >= 0.6 is 0 Å². The Morgan fingerprint density at radius 2 is 1.95 bits per heavy atom. The van der Waals surface area contributed by atoms with Crippen LogP contribution < -0.4 is 5.32 Å². The molecule has 0 aromatic heterocycles. The third-order valence-electron chi connectivity index (χ3n) is 3.76. The van der Waals surface area contributed by atoms with Crippen molar-refractivity contribution in [3.63, 3.8) is 0 Å². The molecule has 0 saturated carbocycles. The lowest BCUT2D eigenvalue weighted by Crippen LogP contribution is -2.35. The highest BCUT2D eigenvalue weighted by Crippen LogP contribution is 2.14. The van der Waals surface area contributed by atoms with Crippen LogP contribution in [0.5, 0.6) is 0 Å². The number of hydrogen-bond acceptors (Lipinski definition) is 2. The maximum absolute atomic E-state index is 5.40. The van der Waals surface area contributed by atoms with E-state index in [2.05, 4.69) is 51.2 Å². The average molecular weight is 263 g/mol. The van der Waals surface area contributed by atoms with Crippen molar-refractivity contribution >= 4 is 0 Å². The van der Waals surface area contributed by atoms with Crippen LogP contribution in [0.3, 0.4) is 0 Å². The van der Waals surface area contributed by atoms with Crippen LogP contribution in [0, 0.1) is 13.8 Å². The molecule has 0 spiro atoms. The lowest BCUT2D eigenvalue weighted by atomic mass is 9.98. The van der Waals surface area contributed by atoms with Gasteiger partial charge in [0.1, 0.15) is 0 Å². The SMILES string of the molecule is CCCNC(Cc1ccc(C)c(C)c1)CC(C)OC. The molecule has 0 heterocycles.